The summed E-state index contributed by atoms with van der Waals surface area (Å²) < 4.78 is 28.8. The second-order valence-electron chi connectivity index (χ2n) is 8.04. The molecular weight excluding hydrogens is 338 g/mol. The molecule has 0 aliphatic carbocycles. The number of nitrogens with zero attached hydrogens (tertiary/aromatic N) is 2. The van der Waals surface area contributed by atoms with Gasteiger partial charge in [-0.1, -0.05) is 34.6 Å². The molecule has 0 spiro atoms. The van der Waals surface area contributed by atoms with Crippen LogP contribution in [0.5, 0.6) is 0 Å². The van der Waals surface area contributed by atoms with Crippen LogP contribution in [0.15, 0.2) is 27.5 Å². The van der Waals surface area contributed by atoms with Gasteiger partial charge in [-0.2, -0.15) is 8.42 Å². The van der Waals surface area contributed by atoms with E-state index in [1.165, 1.54) is 6.07 Å². The number of carbonyl (C=O) groups is 1. The number of anilines is 1. The Bertz CT molecular complexity index is 805. The van der Waals surface area contributed by atoms with E-state index in [0.29, 0.717) is 36.1 Å². The lowest BCUT2D eigenvalue weighted by atomic mass is 9.97. The van der Waals surface area contributed by atoms with Crippen molar-refractivity contribution < 1.29 is 13.2 Å². The zero-order valence-electron chi connectivity index (χ0n) is 15.8. The van der Waals surface area contributed by atoms with Gasteiger partial charge in [0.05, 0.1) is 5.69 Å². The number of sulfonamides is 1. The SMILES string of the molecule is CC1=NS(=O)(=O)c2cc(C(=O)NCC(C)(C)C)ccc2N1CC(C)C. The molecule has 0 saturated heterocycles. The highest BCUT2D eigenvalue weighted by Crippen LogP contribution is 2.33. The van der Waals surface area contributed by atoms with Crippen LogP contribution in [0.4, 0.5) is 5.69 Å². The van der Waals surface area contributed by atoms with Gasteiger partial charge in [0.1, 0.15) is 10.7 Å². The van der Waals surface area contributed by atoms with Crippen LogP contribution in [0.25, 0.3) is 0 Å². The average Bonchev–Trinajstić information content (AvgIpc) is 2.47. The highest BCUT2D eigenvalue weighted by molar-refractivity contribution is 7.90. The monoisotopic (exact) mass is 365 g/mol. The van der Waals surface area contributed by atoms with Gasteiger partial charge < -0.3 is 10.2 Å². The molecule has 0 radical (unpaired) electrons. The molecule has 0 fully saturated rings. The summed E-state index contributed by atoms with van der Waals surface area (Å²) in [7, 11) is -3.79. The molecule has 1 amide bonds. The summed E-state index contributed by atoms with van der Waals surface area (Å²) in [5, 5.41) is 2.84. The first-order valence-electron chi connectivity index (χ1n) is 8.42. The minimum Gasteiger partial charge on any atom is -0.352 e. The van der Waals surface area contributed by atoms with Crippen LogP contribution in [-0.4, -0.2) is 33.3 Å². The Labute approximate surface area is 150 Å². The molecule has 0 unspecified atom stereocenters. The molecule has 1 N–H and O–H groups in total. The Morgan fingerprint density at radius 2 is 1.92 bits per heavy atom. The Morgan fingerprint density at radius 3 is 2.48 bits per heavy atom. The molecule has 1 aliphatic rings. The van der Waals surface area contributed by atoms with E-state index >= 15 is 0 Å². The molecule has 1 aromatic carbocycles. The van der Waals surface area contributed by atoms with Crippen LogP contribution in [-0.2, 0) is 10.0 Å². The molecule has 25 heavy (non-hydrogen) atoms. The number of rotatable bonds is 4. The largest absolute Gasteiger partial charge is 0.352 e. The lowest BCUT2D eigenvalue weighted by Gasteiger charge is -2.31. The van der Waals surface area contributed by atoms with Gasteiger partial charge >= 0.3 is 0 Å². The van der Waals surface area contributed by atoms with Crippen molar-refractivity contribution in [3.05, 3.63) is 23.8 Å². The van der Waals surface area contributed by atoms with Crippen molar-refractivity contribution in [3.63, 3.8) is 0 Å². The van der Waals surface area contributed by atoms with E-state index in [-0.39, 0.29) is 16.2 Å². The molecule has 0 saturated carbocycles. The van der Waals surface area contributed by atoms with Crippen molar-refractivity contribution in [1.82, 2.24) is 5.32 Å². The predicted molar refractivity (Wildman–Crippen MR) is 101 cm³/mol. The van der Waals surface area contributed by atoms with Gasteiger partial charge in [0, 0.05) is 18.7 Å². The minimum absolute atomic E-state index is 0.0502. The molecule has 2 rings (SSSR count). The molecule has 1 heterocycles. The number of hydrogen-bond donors (Lipinski definition) is 1. The molecule has 1 aliphatic heterocycles. The van der Waals surface area contributed by atoms with Gasteiger partial charge in [0.25, 0.3) is 15.9 Å². The van der Waals surface area contributed by atoms with Crippen LogP contribution < -0.4 is 10.2 Å². The van der Waals surface area contributed by atoms with E-state index in [1.54, 1.807) is 19.1 Å². The number of carbonyl (C=O) groups excluding carboxylic acids is 1. The van der Waals surface area contributed by atoms with Gasteiger partial charge in [0.15, 0.2) is 0 Å². The minimum atomic E-state index is -3.79. The predicted octanol–water partition coefficient (Wildman–Crippen LogP) is 3.05. The van der Waals surface area contributed by atoms with E-state index in [9.17, 15) is 13.2 Å². The Morgan fingerprint density at radius 1 is 1.28 bits per heavy atom. The smallest absolute Gasteiger partial charge is 0.286 e. The molecule has 6 nitrogen and oxygen atoms in total. The van der Waals surface area contributed by atoms with Crippen molar-refractivity contribution in [2.24, 2.45) is 15.7 Å². The third kappa shape index (κ3) is 4.60. The summed E-state index contributed by atoms with van der Waals surface area (Å²) in [6.07, 6.45) is 0. The van der Waals surface area contributed by atoms with Gasteiger partial charge in [-0.05, 0) is 36.5 Å². The summed E-state index contributed by atoms with van der Waals surface area (Å²) in [4.78, 5) is 14.3. The van der Waals surface area contributed by atoms with E-state index in [1.807, 2.05) is 25.7 Å². The number of amides is 1. The van der Waals surface area contributed by atoms with Crippen molar-refractivity contribution in [2.45, 2.75) is 46.4 Å². The quantitative estimate of drug-likeness (QED) is 0.889. The third-order valence-electron chi connectivity index (χ3n) is 3.76. The maximum absolute atomic E-state index is 12.5. The standard InChI is InChI=1S/C18H27N3O3S/c1-12(2)10-21-13(3)20-25(23,24)16-9-14(7-8-15(16)21)17(22)19-11-18(4,5)6/h7-9,12H,10-11H2,1-6H3,(H,19,22). The van der Waals surface area contributed by atoms with Gasteiger partial charge in [-0.15, -0.1) is 4.40 Å². The molecular formula is C18H27N3O3S. The van der Waals surface area contributed by atoms with Gasteiger partial charge in [0.2, 0.25) is 0 Å². The van der Waals surface area contributed by atoms with Crippen LogP contribution in [0.3, 0.4) is 0 Å². The van der Waals surface area contributed by atoms with Crippen LogP contribution in [0.1, 0.15) is 51.9 Å². The molecule has 0 aromatic heterocycles. The number of benzene rings is 1. The molecule has 1 aromatic rings. The number of fused-ring (bicyclic) bond motifs is 1. The fourth-order valence-electron chi connectivity index (χ4n) is 2.57. The van der Waals surface area contributed by atoms with Crippen LogP contribution in [0, 0.1) is 11.3 Å². The second kappa shape index (κ2) is 6.78. The first kappa shape index (κ1) is 19.4. The van der Waals surface area contributed by atoms with Gasteiger partial charge in [-0.3, -0.25) is 4.79 Å². The second-order valence-corrected chi connectivity index (χ2v) is 9.62. The zero-order valence-corrected chi connectivity index (χ0v) is 16.6. The summed E-state index contributed by atoms with van der Waals surface area (Å²) in [6.45, 7) is 13.0. The number of nitrogens with one attached hydrogen (secondary N) is 1. The highest BCUT2D eigenvalue weighted by atomic mass is 32.2. The molecule has 0 bridgehead atoms. The number of amidine groups is 1. The molecule has 0 atom stereocenters. The zero-order chi connectivity index (χ0) is 19.0. The Hall–Kier alpha value is -1.89. The Balaban J connectivity index is 2.40. The van der Waals surface area contributed by atoms with E-state index in [2.05, 4.69) is 23.6 Å². The fraction of sp³-hybridized carbons (Fsp3) is 0.556. The maximum Gasteiger partial charge on any atom is 0.286 e. The highest BCUT2D eigenvalue weighted by Gasteiger charge is 2.30. The summed E-state index contributed by atoms with van der Waals surface area (Å²) >= 11 is 0. The Kier molecular flexibility index (Phi) is 5.27. The normalized spacial score (nSPS) is 16.4. The summed E-state index contributed by atoms with van der Waals surface area (Å²) in [5.41, 5.74) is 0.852. The first-order valence-corrected chi connectivity index (χ1v) is 9.86. The van der Waals surface area contributed by atoms with Crippen LogP contribution in [0.2, 0.25) is 0 Å². The van der Waals surface area contributed by atoms with E-state index < -0.39 is 10.0 Å². The molecule has 138 valence electrons. The van der Waals surface area contributed by atoms with Crippen molar-refractivity contribution in [2.75, 3.05) is 18.0 Å². The van der Waals surface area contributed by atoms with Crippen molar-refractivity contribution in [3.8, 4) is 0 Å². The summed E-state index contributed by atoms with van der Waals surface area (Å²) in [5.74, 6) is 0.509. The van der Waals surface area contributed by atoms with E-state index in [0.717, 1.165) is 0 Å². The third-order valence-corrected chi connectivity index (χ3v) is 5.15. The lowest BCUT2D eigenvalue weighted by Crippen LogP contribution is -2.37. The number of hydrogen-bond acceptors (Lipinski definition) is 4. The van der Waals surface area contributed by atoms with Crippen molar-refractivity contribution in [1.29, 1.82) is 0 Å². The fourth-order valence-corrected chi connectivity index (χ4v) is 3.84. The summed E-state index contributed by atoms with van der Waals surface area (Å²) in [6, 6.07) is 4.78. The van der Waals surface area contributed by atoms with Gasteiger partial charge in [-0.25, -0.2) is 0 Å². The first-order chi connectivity index (χ1) is 11.4. The van der Waals surface area contributed by atoms with Crippen molar-refractivity contribution >= 4 is 27.5 Å². The van der Waals surface area contributed by atoms with E-state index in [4.69, 9.17) is 0 Å². The maximum atomic E-state index is 12.5. The lowest BCUT2D eigenvalue weighted by molar-refractivity contribution is 0.0939. The average molecular weight is 365 g/mol. The van der Waals surface area contributed by atoms with Crippen LogP contribution >= 0.6 is 0 Å². The topological polar surface area (TPSA) is 78.8 Å². The molecule has 7 heteroatoms.